The Morgan fingerprint density at radius 2 is 1.74 bits per heavy atom. The molecule has 0 radical (unpaired) electrons. The van der Waals surface area contributed by atoms with Crippen molar-refractivity contribution in [2.75, 3.05) is 6.26 Å². The molecule has 3 aromatic rings. The molecule has 0 amide bonds. The fourth-order valence-electron chi connectivity index (χ4n) is 2.24. The molecule has 0 bridgehead atoms. The van der Waals surface area contributed by atoms with E-state index >= 15 is 0 Å². The van der Waals surface area contributed by atoms with Gasteiger partial charge in [-0.05, 0) is 43.3 Å². The Morgan fingerprint density at radius 3 is 2.30 bits per heavy atom. The van der Waals surface area contributed by atoms with E-state index in [9.17, 15) is 8.42 Å². The molecule has 23 heavy (non-hydrogen) atoms. The molecule has 0 unspecified atom stereocenters. The number of imidazole rings is 1. The monoisotopic (exact) mass is 347 g/mol. The van der Waals surface area contributed by atoms with Gasteiger partial charge in [0.25, 0.3) is 0 Å². The average molecular weight is 348 g/mol. The number of hydrogen-bond acceptors (Lipinski definition) is 4. The van der Waals surface area contributed by atoms with Gasteiger partial charge in [-0.15, -0.1) is 0 Å². The molecule has 0 aliphatic carbocycles. The zero-order valence-electron chi connectivity index (χ0n) is 12.6. The lowest BCUT2D eigenvalue weighted by Crippen LogP contribution is -1.99. The van der Waals surface area contributed by atoms with Gasteiger partial charge in [0.15, 0.2) is 15.0 Å². The van der Waals surface area contributed by atoms with E-state index in [2.05, 4.69) is 9.97 Å². The first-order valence-electron chi connectivity index (χ1n) is 6.82. The van der Waals surface area contributed by atoms with Crippen LogP contribution in [0.15, 0.2) is 53.8 Å². The summed E-state index contributed by atoms with van der Waals surface area (Å²) in [6.45, 7) is 1.91. The Kier molecular flexibility index (Phi) is 3.95. The lowest BCUT2D eigenvalue weighted by atomic mass is 10.2. The van der Waals surface area contributed by atoms with Gasteiger partial charge in [-0.2, -0.15) is 0 Å². The summed E-state index contributed by atoms with van der Waals surface area (Å²) < 4.78 is 24.9. The predicted molar refractivity (Wildman–Crippen MR) is 89.7 cm³/mol. The first-order valence-corrected chi connectivity index (χ1v) is 9.09. The first kappa shape index (κ1) is 15.7. The SMILES string of the molecule is Cc1ccc(-c2c(Cl)ncn2-c2ccc(S(C)(=O)=O)cc2)cn1. The van der Waals surface area contributed by atoms with Gasteiger partial charge in [0.05, 0.1) is 10.6 Å². The van der Waals surface area contributed by atoms with Crippen LogP contribution < -0.4 is 0 Å². The Bertz CT molecular complexity index is 946. The molecule has 0 aliphatic rings. The molecule has 0 aliphatic heterocycles. The quantitative estimate of drug-likeness (QED) is 0.729. The number of rotatable bonds is 3. The summed E-state index contributed by atoms with van der Waals surface area (Å²) in [6.07, 6.45) is 4.52. The van der Waals surface area contributed by atoms with Gasteiger partial charge in [-0.25, -0.2) is 13.4 Å². The molecule has 0 saturated heterocycles. The topological polar surface area (TPSA) is 64.8 Å². The zero-order chi connectivity index (χ0) is 16.6. The molecule has 3 rings (SSSR count). The molecule has 118 valence electrons. The summed E-state index contributed by atoms with van der Waals surface area (Å²) in [4.78, 5) is 8.69. The van der Waals surface area contributed by atoms with E-state index in [4.69, 9.17) is 11.6 Å². The second kappa shape index (κ2) is 5.79. The highest BCUT2D eigenvalue weighted by atomic mass is 35.5. The lowest BCUT2D eigenvalue weighted by Gasteiger charge is -2.09. The van der Waals surface area contributed by atoms with Crippen LogP contribution in [0.1, 0.15) is 5.69 Å². The average Bonchev–Trinajstić information content (AvgIpc) is 2.89. The molecule has 0 N–H and O–H groups in total. The molecule has 5 nitrogen and oxygen atoms in total. The van der Waals surface area contributed by atoms with Crippen LogP contribution in [0.3, 0.4) is 0 Å². The molecule has 0 fully saturated rings. The van der Waals surface area contributed by atoms with Gasteiger partial charge in [-0.3, -0.25) is 9.55 Å². The number of halogens is 1. The fourth-order valence-corrected chi connectivity index (χ4v) is 3.12. The van der Waals surface area contributed by atoms with Crippen LogP contribution in [0.4, 0.5) is 0 Å². The molecule has 0 spiro atoms. The Labute approximate surface area is 139 Å². The summed E-state index contributed by atoms with van der Waals surface area (Å²) in [5, 5.41) is 0.364. The largest absolute Gasteiger partial charge is 0.297 e. The highest BCUT2D eigenvalue weighted by Gasteiger charge is 2.14. The van der Waals surface area contributed by atoms with Gasteiger partial charge < -0.3 is 0 Å². The van der Waals surface area contributed by atoms with Gasteiger partial charge in [0.1, 0.15) is 6.33 Å². The molecule has 2 aromatic heterocycles. The third kappa shape index (κ3) is 3.13. The number of nitrogens with zero attached hydrogens (tertiary/aromatic N) is 3. The second-order valence-electron chi connectivity index (χ2n) is 5.21. The highest BCUT2D eigenvalue weighted by Crippen LogP contribution is 2.29. The maximum absolute atomic E-state index is 11.6. The molecule has 0 atom stereocenters. The van der Waals surface area contributed by atoms with Gasteiger partial charge in [-0.1, -0.05) is 11.6 Å². The van der Waals surface area contributed by atoms with E-state index in [1.54, 1.807) is 41.4 Å². The Hall–Kier alpha value is -2.18. The van der Waals surface area contributed by atoms with E-state index in [0.29, 0.717) is 10.8 Å². The minimum absolute atomic E-state index is 0.269. The Morgan fingerprint density at radius 1 is 1.04 bits per heavy atom. The molecule has 1 aromatic carbocycles. The molecule has 7 heteroatoms. The van der Waals surface area contributed by atoms with Crippen molar-refractivity contribution < 1.29 is 8.42 Å². The highest BCUT2D eigenvalue weighted by molar-refractivity contribution is 7.90. The number of benzene rings is 1. The van der Waals surface area contributed by atoms with Crippen LogP contribution in [0.2, 0.25) is 5.15 Å². The third-order valence-corrected chi connectivity index (χ3v) is 4.86. The van der Waals surface area contributed by atoms with Crippen LogP contribution >= 0.6 is 11.6 Å². The maximum atomic E-state index is 11.6. The normalized spacial score (nSPS) is 11.6. The number of aromatic nitrogens is 3. The predicted octanol–water partition coefficient (Wildman–Crippen LogP) is 3.30. The van der Waals surface area contributed by atoms with Gasteiger partial charge >= 0.3 is 0 Å². The summed E-state index contributed by atoms with van der Waals surface area (Å²) >= 11 is 6.22. The number of sulfone groups is 1. The van der Waals surface area contributed by atoms with Crippen molar-refractivity contribution in [3.05, 3.63) is 59.8 Å². The van der Waals surface area contributed by atoms with Gasteiger partial charge in [0, 0.05) is 29.4 Å². The molecule has 2 heterocycles. The minimum Gasteiger partial charge on any atom is -0.297 e. The van der Waals surface area contributed by atoms with E-state index in [-0.39, 0.29) is 4.90 Å². The number of hydrogen-bond donors (Lipinski definition) is 0. The Balaban J connectivity index is 2.10. The zero-order valence-corrected chi connectivity index (χ0v) is 14.1. The second-order valence-corrected chi connectivity index (χ2v) is 7.58. The summed E-state index contributed by atoms with van der Waals surface area (Å²) in [5.74, 6) is 0. The standard InChI is InChI=1S/C16H14ClN3O2S/c1-11-3-4-12(9-18-11)15-16(17)19-10-20(15)13-5-7-14(8-6-13)23(2,21)22/h3-10H,1-2H3. The van der Waals surface area contributed by atoms with Crippen molar-refractivity contribution >= 4 is 21.4 Å². The van der Waals surface area contributed by atoms with Crippen molar-refractivity contribution in [2.24, 2.45) is 0 Å². The van der Waals surface area contributed by atoms with Crippen LogP contribution in [0, 0.1) is 6.92 Å². The van der Waals surface area contributed by atoms with Crippen molar-refractivity contribution in [2.45, 2.75) is 11.8 Å². The van der Waals surface area contributed by atoms with E-state index in [1.165, 1.54) is 6.26 Å². The van der Waals surface area contributed by atoms with Crippen molar-refractivity contribution in [1.82, 2.24) is 14.5 Å². The minimum atomic E-state index is -3.22. The summed E-state index contributed by atoms with van der Waals surface area (Å²) in [5.41, 5.74) is 3.23. The molecular formula is C16H14ClN3O2S. The van der Waals surface area contributed by atoms with Crippen LogP contribution in [0.25, 0.3) is 16.9 Å². The summed E-state index contributed by atoms with van der Waals surface area (Å²) in [6, 6.07) is 10.4. The lowest BCUT2D eigenvalue weighted by molar-refractivity contribution is 0.602. The molecule has 0 saturated carbocycles. The number of pyridine rings is 1. The molecular weight excluding hydrogens is 334 g/mol. The van der Waals surface area contributed by atoms with E-state index in [0.717, 1.165) is 16.9 Å². The van der Waals surface area contributed by atoms with Crippen LogP contribution in [-0.2, 0) is 9.84 Å². The third-order valence-electron chi connectivity index (χ3n) is 3.45. The summed E-state index contributed by atoms with van der Waals surface area (Å²) in [7, 11) is -3.22. The van der Waals surface area contributed by atoms with Crippen molar-refractivity contribution in [3.63, 3.8) is 0 Å². The number of aryl methyl sites for hydroxylation is 1. The smallest absolute Gasteiger partial charge is 0.175 e. The van der Waals surface area contributed by atoms with E-state index in [1.807, 2.05) is 19.1 Å². The van der Waals surface area contributed by atoms with Gasteiger partial charge in [0.2, 0.25) is 0 Å². The first-order chi connectivity index (χ1) is 10.9. The van der Waals surface area contributed by atoms with E-state index < -0.39 is 9.84 Å². The fraction of sp³-hybridized carbons (Fsp3) is 0.125. The maximum Gasteiger partial charge on any atom is 0.175 e. The van der Waals surface area contributed by atoms with Crippen molar-refractivity contribution in [3.8, 4) is 16.9 Å². The van der Waals surface area contributed by atoms with Crippen LogP contribution in [0.5, 0.6) is 0 Å². The van der Waals surface area contributed by atoms with Crippen LogP contribution in [-0.4, -0.2) is 29.2 Å². The van der Waals surface area contributed by atoms with Crippen molar-refractivity contribution in [1.29, 1.82) is 0 Å².